The van der Waals surface area contributed by atoms with Gasteiger partial charge >= 0.3 is 0 Å². The summed E-state index contributed by atoms with van der Waals surface area (Å²) in [5.41, 5.74) is 4.20. The predicted molar refractivity (Wildman–Crippen MR) is 137 cm³/mol. The third kappa shape index (κ3) is 6.17. The van der Waals surface area contributed by atoms with Gasteiger partial charge in [-0.15, -0.1) is 0 Å². The summed E-state index contributed by atoms with van der Waals surface area (Å²) in [7, 11) is -3.70. The lowest BCUT2D eigenvalue weighted by Crippen LogP contribution is -2.46. The summed E-state index contributed by atoms with van der Waals surface area (Å²) in [6, 6.07) is 21.6. The molecule has 1 heterocycles. The Morgan fingerprint density at radius 2 is 1.65 bits per heavy atom. The van der Waals surface area contributed by atoms with E-state index in [0.29, 0.717) is 37.7 Å². The largest absolute Gasteiger partial charge is 0.456 e. The van der Waals surface area contributed by atoms with Crippen LogP contribution in [0.25, 0.3) is 0 Å². The Morgan fingerprint density at radius 3 is 2.35 bits per heavy atom. The number of nitrogens with one attached hydrogen (secondary N) is 2. The second-order valence-corrected chi connectivity index (χ2v) is 10.7. The van der Waals surface area contributed by atoms with Gasteiger partial charge in [-0.3, -0.25) is 0 Å². The van der Waals surface area contributed by atoms with Gasteiger partial charge in [-0.25, -0.2) is 8.42 Å². The van der Waals surface area contributed by atoms with E-state index in [1.807, 2.05) is 50.2 Å². The topological polar surface area (TPSA) is 70.7 Å². The average molecular weight is 480 g/mol. The Labute approximate surface area is 203 Å². The van der Waals surface area contributed by atoms with E-state index < -0.39 is 10.0 Å². The summed E-state index contributed by atoms with van der Waals surface area (Å²) in [6.45, 7) is 6.93. The summed E-state index contributed by atoms with van der Waals surface area (Å²) in [5, 5.41) is 6.60. The first kappa shape index (κ1) is 24.3. The smallest absolute Gasteiger partial charge is 0.246 e. The fourth-order valence-corrected chi connectivity index (χ4v) is 5.80. The maximum atomic E-state index is 13.6. The number of hydrogen-bond donors (Lipinski definition) is 2. The second kappa shape index (κ2) is 11.0. The minimum atomic E-state index is -3.70. The fraction of sp³-hybridized carbons (Fsp3) is 0.333. The molecular weight excluding hydrogens is 446 g/mol. The van der Waals surface area contributed by atoms with E-state index in [-0.39, 0.29) is 4.90 Å². The lowest BCUT2D eigenvalue weighted by molar-refractivity contribution is 0.358. The number of hydrogen-bond acceptors (Lipinski definition) is 5. The molecule has 0 aliphatic carbocycles. The third-order valence-corrected chi connectivity index (χ3v) is 7.79. The van der Waals surface area contributed by atoms with Gasteiger partial charge in [-0.2, -0.15) is 4.31 Å². The molecule has 0 aromatic heterocycles. The zero-order chi connectivity index (χ0) is 24.0. The van der Waals surface area contributed by atoms with Crippen LogP contribution in [0, 0.1) is 13.8 Å². The first-order valence-electron chi connectivity index (χ1n) is 11.8. The van der Waals surface area contributed by atoms with Gasteiger partial charge in [0.25, 0.3) is 0 Å². The molecule has 1 aliphatic rings. The van der Waals surface area contributed by atoms with Crippen LogP contribution in [-0.4, -0.2) is 45.4 Å². The first-order valence-corrected chi connectivity index (χ1v) is 13.2. The third-order valence-electron chi connectivity index (χ3n) is 5.87. The van der Waals surface area contributed by atoms with Gasteiger partial charge in [0.2, 0.25) is 10.0 Å². The van der Waals surface area contributed by atoms with E-state index in [9.17, 15) is 8.42 Å². The Morgan fingerprint density at radius 1 is 0.941 bits per heavy atom. The maximum Gasteiger partial charge on any atom is 0.246 e. The molecule has 3 aromatic rings. The molecule has 0 spiro atoms. The van der Waals surface area contributed by atoms with Crippen LogP contribution >= 0.6 is 0 Å². The van der Waals surface area contributed by atoms with Crippen LogP contribution < -0.4 is 15.4 Å². The zero-order valence-electron chi connectivity index (χ0n) is 19.9. The van der Waals surface area contributed by atoms with Crippen molar-refractivity contribution in [2.75, 3.05) is 38.0 Å². The number of aryl methyl sites for hydroxylation is 3. The molecule has 1 aliphatic heterocycles. The molecule has 0 bridgehead atoms. The van der Waals surface area contributed by atoms with Crippen LogP contribution in [-0.2, 0) is 16.4 Å². The molecule has 1 fully saturated rings. The molecule has 34 heavy (non-hydrogen) atoms. The number of piperazine rings is 1. The van der Waals surface area contributed by atoms with Crippen molar-refractivity contribution < 1.29 is 13.2 Å². The molecule has 180 valence electrons. The van der Waals surface area contributed by atoms with Crippen LogP contribution in [0.2, 0.25) is 0 Å². The SMILES string of the molecule is Cc1cc(C)cc(Oc2ccc(NCCCc3ccccc3)cc2S(=O)(=O)N2CCNCC2)c1. The Balaban J connectivity index is 1.56. The molecule has 7 heteroatoms. The van der Waals surface area contributed by atoms with Crippen LogP contribution in [0.5, 0.6) is 11.5 Å². The lowest BCUT2D eigenvalue weighted by Gasteiger charge is -2.27. The number of ether oxygens (including phenoxy) is 1. The van der Waals surface area contributed by atoms with Gasteiger partial charge in [0.1, 0.15) is 16.4 Å². The van der Waals surface area contributed by atoms with E-state index in [1.165, 1.54) is 9.87 Å². The highest BCUT2D eigenvalue weighted by atomic mass is 32.2. The summed E-state index contributed by atoms with van der Waals surface area (Å²) in [4.78, 5) is 0.196. The predicted octanol–water partition coefficient (Wildman–Crippen LogP) is 4.73. The van der Waals surface area contributed by atoms with E-state index in [2.05, 4.69) is 28.8 Å². The van der Waals surface area contributed by atoms with Gasteiger partial charge < -0.3 is 15.4 Å². The van der Waals surface area contributed by atoms with Crippen molar-refractivity contribution in [3.05, 3.63) is 83.4 Å². The van der Waals surface area contributed by atoms with E-state index >= 15 is 0 Å². The number of benzene rings is 3. The summed E-state index contributed by atoms with van der Waals surface area (Å²) in [5.74, 6) is 0.983. The first-order chi connectivity index (χ1) is 16.4. The van der Waals surface area contributed by atoms with Gasteiger partial charge in [0, 0.05) is 38.4 Å². The molecule has 6 nitrogen and oxygen atoms in total. The summed E-state index contributed by atoms with van der Waals surface area (Å²) in [6.07, 6.45) is 1.92. The molecular formula is C27H33N3O3S. The van der Waals surface area contributed by atoms with Crippen molar-refractivity contribution in [1.29, 1.82) is 0 Å². The van der Waals surface area contributed by atoms with Crippen LogP contribution in [0.15, 0.2) is 71.6 Å². The maximum absolute atomic E-state index is 13.6. The van der Waals surface area contributed by atoms with Crippen molar-refractivity contribution in [1.82, 2.24) is 9.62 Å². The van der Waals surface area contributed by atoms with Crippen molar-refractivity contribution in [3.8, 4) is 11.5 Å². The van der Waals surface area contributed by atoms with Gasteiger partial charge in [-0.05, 0) is 73.7 Å². The van der Waals surface area contributed by atoms with Gasteiger partial charge in [0.05, 0.1) is 0 Å². The highest BCUT2D eigenvalue weighted by Crippen LogP contribution is 2.34. The molecule has 2 N–H and O–H groups in total. The van der Waals surface area contributed by atoms with Gasteiger partial charge in [-0.1, -0.05) is 36.4 Å². The quantitative estimate of drug-likeness (QED) is 0.434. The van der Waals surface area contributed by atoms with E-state index in [0.717, 1.165) is 36.2 Å². The van der Waals surface area contributed by atoms with Crippen molar-refractivity contribution in [3.63, 3.8) is 0 Å². The van der Waals surface area contributed by atoms with Crippen LogP contribution in [0.1, 0.15) is 23.1 Å². The standard InChI is InChI=1S/C27H33N3O3S/c1-21-17-22(2)19-25(18-21)33-26-11-10-24(29-12-6-9-23-7-4-3-5-8-23)20-27(26)34(31,32)30-15-13-28-14-16-30/h3-5,7-8,10-11,17-20,28-29H,6,9,12-16H2,1-2H3. The molecule has 0 atom stereocenters. The van der Waals surface area contributed by atoms with Crippen molar-refractivity contribution in [2.45, 2.75) is 31.6 Å². The lowest BCUT2D eigenvalue weighted by atomic mass is 10.1. The summed E-state index contributed by atoms with van der Waals surface area (Å²) < 4.78 is 34.9. The summed E-state index contributed by atoms with van der Waals surface area (Å²) >= 11 is 0. The molecule has 4 rings (SSSR count). The molecule has 0 saturated carbocycles. The highest BCUT2D eigenvalue weighted by molar-refractivity contribution is 7.89. The minimum Gasteiger partial charge on any atom is -0.456 e. The highest BCUT2D eigenvalue weighted by Gasteiger charge is 2.29. The Bertz CT molecular complexity index is 1190. The number of sulfonamides is 1. The van der Waals surface area contributed by atoms with Gasteiger partial charge in [0.15, 0.2) is 0 Å². The fourth-order valence-electron chi connectivity index (χ4n) is 4.22. The molecule has 1 saturated heterocycles. The van der Waals surface area contributed by atoms with Crippen LogP contribution in [0.3, 0.4) is 0 Å². The Kier molecular flexibility index (Phi) is 7.88. The molecule has 0 radical (unpaired) electrons. The average Bonchev–Trinajstić information content (AvgIpc) is 2.83. The molecule has 0 amide bonds. The van der Waals surface area contributed by atoms with Crippen molar-refractivity contribution in [2.24, 2.45) is 0 Å². The molecule has 3 aromatic carbocycles. The minimum absolute atomic E-state index is 0.196. The monoisotopic (exact) mass is 479 g/mol. The van der Waals surface area contributed by atoms with Crippen LogP contribution in [0.4, 0.5) is 5.69 Å². The normalized spacial score (nSPS) is 14.6. The number of anilines is 1. The van der Waals surface area contributed by atoms with E-state index in [1.54, 1.807) is 12.1 Å². The molecule has 0 unspecified atom stereocenters. The Hall–Kier alpha value is -2.87. The second-order valence-electron chi connectivity index (χ2n) is 8.76. The van der Waals surface area contributed by atoms with E-state index in [4.69, 9.17) is 4.74 Å². The van der Waals surface area contributed by atoms with Crippen molar-refractivity contribution >= 4 is 15.7 Å². The number of nitrogens with zero attached hydrogens (tertiary/aromatic N) is 1. The number of rotatable bonds is 9. The zero-order valence-corrected chi connectivity index (χ0v) is 20.7.